The predicted molar refractivity (Wildman–Crippen MR) is 54.7 cm³/mol. The Morgan fingerprint density at radius 3 is 2.47 bits per heavy atom. The van der Waals surface area contributed by atoms with E-state index in [0.717, 1.165) is 6.07 Å². The van der Waals surface area contributed by atoms with Crippen LogP contribution in [0.15, 0.2) is 18.2 Å². The van der Waals surface area contributed by atoms with Crippen LogP contribution in [-0.2, 0) is 0 Å². The van der Waals surface area contributed by atoms with Gasteiger partial charge in [-0.1, -0.05) is 6.07 Å². The molecule has 0 saturated carbocycles. The molecule has 0 amide bonds. The topological polar surface area (TPSA) is 88.9 Å². The second-order valence-electron chi connectivity index (χ2n) is 3.24. The van der Waals surface area contributed by atoms with Crippen LogP contribution in [0.1, 0.15) is 16.2 Å². The number of carboxylic acids is 1. The van der Waals surface area contributed by atoms with Crippen LogP contribution in [-0.4, -0.2) is 31.5 Å². The zero-order valence-corrected chi connectivity index (χ0v) is 8.75. The van der Waals surface area contributed by atoms with E-state index >= 15 is 0 Å². The Morgan fingerprint density at radius 2 is 1.88 bits per heavy atom. The van der Waals surface area contributed by atoms with Crippen LogP contribution in [0.25, 0.3) is 11.4 Å². The first kappa shape index (κ1) is 11.1. The van der Waals surface area contributed by atoms with Gasteiger partial charge in [0.25, 0.3) is 0 Å². The molecule has 0 aliphatic rings. The molecule has 0 spiro atoms. The molecule has 6 nitrogen and oxygen atoms in total. The number of hydrogen-bond acceptors (Lipinski definition) is 5. The smallest absolute Gasteiger partial charge is 0.339 e. The molecule has 0 atom stereocenters. The van der Waals surface area contributed by atoms with E-state index in [1.807, 2.05) is 0 Å². The molecule has 0 aliphatic carbocycles. The third-order valence-corrected chi connectivity index (χ3v) is 2.05. The fraction of sp³-hybridized carbons (Fsp3) is 0.100. The van der Waals surface area contributed by atoms with Crippen molar-refractivity contribution in [2.24, 2.45) is 0 Å². The Balaban J connectivity index is 2.63. The zero-order chi connectivity index (χ0) is 12.4. The maximum atomic E-state index is 13.4. The van der Waals surface area contributed by atoms with E-state index in [1.165, 1.54) is 12.1 Å². The second kappa shape index (κ2) is 4.20. The first-order valence-electron chi connectivity index (χ1n) is 4.66. The van der Waals surface area contributed by atoms with Crippen LogP contribution in [0.3, 0.4) is 0 Å². The van der Waals surface area contributed by atoms with Gasteiger partial charge in [0.15, 0.2) is 5.82 Å². The van der Waals surface area contributed by atoms with Crippen molar-refractivity contribution < 1.29 is 14.3 Å². The number of aromatic nitrogens is 4. The summed E-state index contributed by atoms with van der Waals surface area (Å²) in [4.78, 5) is 10.9. The van der Waals surface area contributed by atoms with Crippen molar-refractivity contribution in [1.82, 2.24) is 20.4 Å². The molecule has 1 aromatic carbocycles. The molecule has 0 bridgehead atoms. The summed E-state index contributed by atoms with van der Waals surface area (Å²) in [6.07, 6.45) is 0. The van der Waals surface area contributed by atoms with Crippen LogP contribution in [0.4, 0.5) is 4.39 Å². The fourth-order valence-electron chi connectivity index (χ4n) is 1.32. The van der Waals surface area contributed by atoms with Crippen molar-refractivity contribution in [2.45, 2.75) is 6.92 Å². The normalized spacial score (nSPS) is 10.2. The van der Waals surface area contributed by atoms with Gasteiger partial charge in [-0.2, -0.15) is 0 Å². The van der Waals surface area contributed by atoms with Gasteiger partial charge in [0.1, 0.15) is 11.4 Å². The van der Waals surface area contributed by atoms with Crippen molar-refractivity contribution >= 4 is 5.97 Å². The first-order valence-corrected chi connectivity index (χ1v) is 4.66. The molecule has 0 unspecified atom stereocenters. The summed E-state index contributed by atoms with van der Waals surface area (Å²) in [7, 11) is 0. The molecule has 17 heavy (non-hydrogen) atoms. The fourth-order valence-corrected chi connectivity index (χ4v) is 1.32. The summed E-state index contributed by atoms with van der Waals surface area (Å²) >= 11 is 0. The Labute approximate surface area is 95.2 Å². The maximum absolute atomic E-state index is 13.4. The standard InChI is InChI=1S/C10H7FN4O2/c1-5-12-14-9(15-13-5)6-3-2-4-7(11)8(6)10(16)17/h2-4H,1H3,(H,16,17). The van der Waals surface area contributed by atoms with Crippen molar-refractivity contribution in [1.29, 1.82) is 0 Å². The molecule has 2 rings (SSSR count). The number of nitrogens with zero attached hydrogens (tertiary/aromatic N) is 4. The van der Waals surface area contributed by atoms with Gasteiger partial charge in [0, 0.05) is 5.56 Å². The Kier molecular flexibility index (Phi) is 2.73. The van der Waals surface area contributed by atoms with Crippen molar-refractivity contribution in [3.63, 3.8) is 0 Å². The van der Waals surface area contributed by atoms with Crippen LogP contribution in [0.5, 0.6) is 0 Å². The van der Waals surface area contributed by atoms with Gasteiger partial charge in [0.2, 0.25) is 5.82 Å². The molecule has 0 saturated heterocycles. The first-order chi connectivity index (χ1) is 8.09. The number of carbonyl (C=O) groups is 1. The van der Waals surface area contributed by atoms with Gasteiger partial charge in [-0.05, 0) is 19.1 Å². The number of hydrogen-bond donors (Lipinski definition) is 1. The van der Waals surface area contributed by atoms with E-state index in [2.05, 4.69) is 20.4 Å². The summed E-state index contributed by atoms with van der Waals surface area (Å²) in [6, 6.07) is 3.84. The molecule has 86 valence electrons. The van der Waals surface area contributed by atoms with Crippen LogP contribution in [0, 0.1) is 12.7 Å². The van der Waals surface area contributed by atoms with Gasteiger partial charge in [-0.3, -0.25) is 0 Å². The molecule has 0 aliphatic heterocycles. The third kappa shape index (κ3) is 2.07. The molecule has 0 radical (unpaired) electrons. The SMILES string of the molecule is Cc1nnc(-c2cccc(F)c2C(=O)O)nn1. The van der Waals surface area contributed by atoms with Crippen LogP contribution in [0.2, 0.25) is 0 Å². The van der Waals surface area contributed by atoms with E-state index < -0.39 is 17.3 Å². The Hall–Kier alpha value is -2.44. The van der Waals surface area contributed by atoms with E-state index in [4.69, 9.17) is 5.11 Å². The lowest BCUT2D eigenvalue weighted by molar-refractivity contribution is 0.0692. The number of carboxylic acid groups (broad SMARTS) is 1. The summed E-state index contributed by atoms with van der Waals surface area (Å²) in [5.74, 6) is -1.91. The van der Waals surface area contributed by atoms with E-state index in [0.29, 0.717) is 5.82 Å². The van der Waals surface area contributed by atoms with E-state index in [9.17, 15) is 9.18 Å². The number of aromatic carboxylic acids is 1. The van der Waals surface area contributed by atoms with Crippen LogP contribution >= 0.6 is 0 Å². The number of benzene rings is 1. The lowest BCUT2D eigenvalue weighted by Gasteiger charge is -2.04. The molecule has 0 fully saturated rings. The number of aryl methyl sites for hydroxylation is 1. The Morgan fingerprint density at radius 1 is 1.24 bits per heavy atom. The van der Waals surface area contributed by atoms with Gasteiger partial charge < -0.3 is 5.11 Å². The minimum Gasteiger partial charge on any atom is -0.478 e. The van der Waals surface area contributed by atoms with Gasteiger partial charge in [-0.25, -0.2) is 9.18 Å². The van der Waals surface area contributed by atoms with Crippen molar-refractivity contribution in [2.75, 3.05) is 0 Å². The molecule has 1 N–H and O–H groups in total. The molecule has 7 heteroatoms. The highest BCUT2D eigenvalue weighted by Crippen LogP contribution is 2.21. The molecular weight excluding hydrogens is 227 g/mol. The summed E-state index contributed by atoms with van der Waals surface area (Å²) in [5, 5.41) is 23.6. The highest BCUT2D eigenvalue weighted by atomic mass is 19.1. The molecule has 1 heterocycles. The average molecular weight is 234 g/mol. The largest absolute Gasteiger partial charge is 0.478 e. The van der Waals surface area contributed by atoms with Crippen LogP contribution < -0.4 is 0 Å². The quantitative estimate of drug-likeness (QED) is 0.836. The minimum absolute atomic E-state index is 0.0208. The second-order valence-corrected chi connectivity index (χ2v) is 3.24. The molecule has 2 aromatic rings. The Bertz CT molecular complexity index is 571. The number of halogens is 1. The molecule has 1 aromatic heterocycles. The third-order valence-electron chi connectivity index (χ3n) is 2.05. The summed E-state index contributed by atoms with van der Waals surface area (Å²) in [5.41, 5.74) is -0.433. The minimum atomic E-state index is -1.39. The van der Waals surface area contributed by atoms with Crippen molar-refractivity contribution in [3.8, 4) is 11.4 Å². The van der Waals surface area contributed by atoms with E-state index in [-0.39, 0.29) is 11.4 Å². The predicted octanol–water partition coefficient (Wildman–Crippen LogP) is 1.08. The lowest BCUT2D eigenvalue weighted by atomic mass is 10.1. The maximum Gasteiger partial charge on any atom is 0.339 e. The van der Waals surface area contributed by atoms with Gasteiger partial charge >= 0.3 is 5.97 Å². The van der Waals surface area contributed by atoms with Gasteiger partial charge in [-0.15, -0.1) is 20.4 Å². The average Bonchev–Trinajstić information content (AvgIpc) is 2.29. The monoisotopic (exact) mass is 234 g/mol. The highest BCUT2D eigenvalue weighted by Gasteiger charge is 2.19. The van der Waals surface area contributed by atoms with E-state index in [1.54, 1.807) is 6.92 Å². The summed E-state index contributed by atoms with van der Waals surface area (Å²) in [6.45, 7) is 1.59. The molecular formula is C10H7FN4O2. The number of rotatable bonds is 2. The van der Waals surface area contributed by atoms with Crippen molar-refractivity contribution in [3.05, 3.63) is 35.4 Å². The zero-order valence-electron chi connectivity index (χ0n) is 8.75. The lowest BCUT2D eigenvalue weighted by Crippen LogP contribution is -2.06. The highest BCUT2D eigenvalue weighted by molar-refractivity contribution is 5.95. The summed E-state index contributed by atoms with van der Waals surface area (Å²) < 4.78 is 13.4. The van der Waals surface area contributed by atoms with Gasteiger partial charge in [0.05, 0.1) is 0 Å².